The van der Waals surface area contributed by atoms with Crippen molar-refractivity contribution in [2.45, 2.75) is 13.0 Å². The molecule has 1 amide bonds. The third kappa shape index (κ3) is 4.79. The molecule has 1 saturated heterocycles. The smallest absolute Gasteiger partial charge is 0.336 e. The highest BCUT2D eigenvalue weighted by atomic mass is 16.6. The molecule has 112 valence electrons. The van der Waals surface area contributed by atoms with Crippen molar-refractivity contribution in [3.8, 4) is 0 Å². The van der Waals surface area contributed by atoms with Crippen LogP contribution >= 0.6 is 0 Å². The van der Waals surface area contributed by atoms with Gasteiger partial charge in [-0.3, -0.25) is 4.79 Å². The van der Waals surface area contributed by atoms with E-state index >= 15 is 0 Å². The molecular formula is C14H21NO5. The maximum atomic E-state index is 11.8. The summed E-state index contributed by atoms with van der Waals surface area (Å²) in [6, 6.07) is 0. The fourth-order valence-electron chi connectivity index (χ4n) is 1.75. The van der Waals surface area contributed by atoms with Crippen LogP contribution < -0.4 is 0 Å². The van der Waals surface area contributed by atoms with Crippen molar-refractivity contribution < 1.29 is 23.8 Å². The molecule has 20 heavy (non-hydrogen) atoms. The van der Waals surface area contributed by atoms with E-state index in [0.29, 0.717) is 26.4 Å². The van der Waals surface area contributed by atoms with Crippen LogP contribution in [0.3, 0.4) is 0 Å². The molecule has 0 bridgehead atoms. The Bertz CT molecular complexity index is 380. The predicted molar refractivity (Wildman–Crippen MR) is 73.1 cm³/mol. The number of amides is 1. The van der Waals surface area contributed by atoms with E-state index in [4.69, 9.17) is 14.2 Å². The summed E-state index contributed by atoms with van der Waals surface area (Å²) >= 11 is 0. The van der Waals surface area contributed by atoms with E-state index in [1.165, 1.54) is 6.08 Å². The first-order chi connectivity index (χ1) is 9.60. The molecule has 0 aliphatic carbocycles. The van der Waals surface area contributed by atoms with Gasteiger partial charge in [0.25, 0.3) is 0 Å². The van der Waals surface area contributed by atoms with Crippen molar-refractivity contribution in [3.63, 3.8) is 0 Å². The average molecular weight is 283 g/mol. The van der Waals surface area contributed by atoms with E-state index in [9.17, 15) is 9.59 Å². The van der Waals surface area contributed by atoms with Gasteiger partial charge in [-0.05, 0) is 13.0 Å². The van der Waals surface area contributed by atoms with E-state index in [2.05, 4.69) is 13.2 Å². The third-order valence-electron chi connectivity index (χ3n) is 2.87. The predicted octanol–water partition coefficient (Wildman–Crippen LogP) is 0.536. The lowest BCUT2D eigenvalue weighted by Gasteiger charge is -2.32. The van der Waals surface area contributed by atoms with Gasteiger partial charge in [0, 0.05) is 13.2 Å². The van der Waals surface area contributed by atoms with Crippen molar-refractivity contribution >= 4 is 11.9 Å². The highest BCUT2D eigenvalue weighted by molar-refractivity contribution is 5.90. The Morgan fingerprint density at radius 3 is 2.85 bits per heavy atom. The lowest BCUT2D eigenvalue weighted by Crippen LogP contribution is -2.46. The molecule has 6 nitrogen and oxygen atoms in total. The molecule has 1 heterocycles. The molecule has 0 spiro atoms. The van der Waals surface area contributed by atoms with Gasteiger partial charge < -0.3 is 19.1 Å². The first-order valence-corrected chi connectivity index (χ1v) is 6.56. The maximum Gasteiger partial charge on any atom is 0.336 e. The summed E-state index contributed by atoms with van der Waals surface area (Å²) in [5.74, 6) is -0.710. The van der Waals surface area contributed by atoms with Crippen LogP contribution in [0.2, 0.25) is 0 Å². The standard InChI is InChI=1S/C14H21NO5/c1-4-13(16)15-6-7-19-12(10-15)11(3)14(17)20-9-8-18-5-2/h4,12H,1,3,5-10H2,2H3. The van der Waals surface area contributed by atoms with Crippen molar-refractivity contribution in [3.05, 3.63) is 24.8 Å². The molecule has 1 aliphatic rings. The Labute approximate surface area is 119 Å². The van der Waals surface area contributed by atoms with Gasteiger partial charge >= 0.3 is 5.97 Å². The zero-order valence-corrected chi connectivity index (χ0v) is 11.8. The molecule has 1 rings (SSSR count). The molecule has 0 aromatic rings. The zero-order chi connectivity index (χ0) is 15.0. The minimum absolute atomic E-state index is 0.174. The summed E-state index contributed by atoms with van der Waals surface area (Å²) in [4.78, 5) is 24.9. The number of morpholine rings is 1. The lowest BCUT2D eigenvalue weighted by atomic mass is 10.1. The average Bonchev–Trinajstić information content (AvgIpc) is 2.49. The van der Waals surface area contributed by atoms with Crippen LogP contribution in [0.25, 0.3) is 0 Å². The number of hydrogen-bond donors (Lipinski definition) is 0. The maximum absolute atomic E-state index is 11.8. The highest BCUT2D eigenvalue weighted by Crippen LogP contribution is 2.14. The number of nitrogens with zero attached hydrogens (tertiary/aromatic N) is 1. The third-order valence-corrected chi connectivity index (χ3v) is 2.87. The van der Waals surface area contributed by atoms with E-state index in [0.717, 1.165) is 0 Å². The molecule has 6 heteroatoms. The molecule has 1 atom stereocenters. The van der Waals surface area contributed by atoms with Gasteiger partial charge in [-0.2, -0.15) is 0 Å². The summed E-state index contributed by atoms with van der Waals surface area (Å²) in [5.41, 5.74) is 0.211. The second-order valence-corrected chi connectivity index (χ2v) is 4.21. The van der Waals surface area contributed by atoms with Gasteiger partial charge in [-0.15, -0.1) is 0 Å². The fourth-order valence-corrected chi connectivity index (χ4v) is 1.75. The summed E-state index contributed by atoms with van der Waals surface area (Å²) in [7, 11) is 0. The number of carbonyl (C=O) groups excluding carboxylic acids is 2. The van der Waals surface area contributed by atoms with Crippen LogP contribution in [-0.4, -0.2) is 62.4 Å². The molecular weight excluding hydrogens is 262 g/mol. The van der Waals surface area contributed by atoms with Crippen molar-refractivity contribution in [2.75, 3.05) is 39.5 Å². The van der Waals surface area contributed by atoms with E-state index in [-0.39, 0.29) is 24.6 Å². The van der Waals surface area contributed by atoms with Gasteiger partial charge in [-0.1, -0.05) is 13.2 Å². The molecule has 0 radical (unpaired) electrons. The van der Waals surface area contributed by atoms with E-state index in [1.54, 1.807) is 4.90 Å². The van der Waals surface area contributed by atoms with Crippen LogP contribution in [0.1, 0.15) is 6.92 Å². The van der Waals surface area contributed by atoms with Crippen molar-refractivity contribution in [1.29, 1.82) is 0 Å². The number of esters is 1. The van der Waals surface area contributed by atoms with Gasteiger partial charge in [0.05, 0.1) is 25.3 Å². The van der Waals surface area contributed by atoms with Crippen LogP contribution in [-0.2, 0) is 23.8 Å². The molecule has 0 aromatic carbocycles. The number of rotatable bonds is 7. The largest absolute Gasteiger partial charge is 0.460 e. The van der Waals surface area contributed by atoms with E-state index < -0.39 is 12.1 Å². The Balaban J connectivity index is 2.43. The van der Waals surface area contributed by atoms with Crippen LogP contribution in [0.5, 0.6) is 0 Å². The molecule has 0 saturated carbocycles. The lowest BCUT2D eigenvalue weighted by molar-refractivity contribution is -0.144. The number of hydrogen-bond acceptors (Lipinski definition) is 5. The summed E-state index contributed by atoms with van der Waals surface area (Å²) in [6.07, 6.45) is 0.707. The van der Waals surface area contributed by atoms with Crippen molar-refractivity contribution in [2.24, 2.45) is 0 Å². The Morgan fingerprint density at radius 2 is 2.20 bits per heavy atom. The minimum Gasteiger partial charge on any atom is -0.460 e. The van der Waals surface area contributed by atoms with Gasteiger partial charge in [0.1, 0.15) is 12.7 Å². The number of carbonyl (C=O) groups is 2. The molecule has 0 aromatic heterocycles. The number of ether oxygens (including phenoxy) is 3. The van der Waals surface area contributed by atoms with Crippen molar-refractivity contribution in [1.82, 2.24) is 4.90 Å². The van der Waals surface area contributed by atoms with E-state index in [1.807, 2.05) is 6.92 Å². The molecule has 1 fully saturated rings. The summed E-state index contributed by atoms with van der Waals surface area (Å²) in [5, 5.41) is 0. The Kier molecular flexibility index (Phi) is 6.97. The topological polar surface area (TPSA) is 65.1 Å². The Morgan fingerprint density at radius 1 is 1.45 bits per heavy atom. The normalized spacial score (nSPS) is 18.4. The zero-order valence-electron chi connectivity index (χ0n) is 11.8. The molecule has 0 N–H and O–H groups in total. The quantitative estimate of drug-likeness (QED) is 0.387. The highest BCUT2D eigenvalue weighted by Gasteiger charge is 2.28. The van der Waals surface area contributed by atoms with Gasteiger partial charge in [-0.25, -0.2) is 4.79 Å². The van der Waals surface area contributed by atoms with Gasteiger partial charge in [0.2, 0.25) is 5.91 Å². The van der Waals surface area contributed by atoms with Crippen LogP contribution in [0.4, 0.5) is 0 Å². The Hall–Kier alpha value is -1.66. The SMILES string of the molecule is C=CC(=O)N1CCOC(C(=C)C(=O)OCCOCC)C1. The fraction of sp³-hybridized carbons (Fsp3) is 0.571. The first kappa shape index (κ1) is 16.4. The molecule has 1 unspecified atom stereocenters. The van der Waals surface area contributed by atoms with Crippen LogP contribution in [0.15, 0.2) is 24.8 Å². The summed E-state index contributed by atoms with van der Waals surface area (Å²) < 4.78 is 15.5. The van der Waals surface area contributed by atoms with Crippen LogP contribution in [0, 0.1) is 0 Å². The second kappa shape index (κ2) is 8.50. The molecule has 1 aliphatic heterocycles. The van der Waals surface area contributed by atoms with Gasteiger partial charge in [0.15, 0.2) is 0 Å². The monoisotopic (exact) mass is 283 g/mol. The summed E-state index contributed by atoms with van der Waals surface area (Å²) in [6.45, 7) is 11.2. The first-order valence-electron chi connectivity index (χ1n) is 6.56. The minimum atomic E-state index is -0.535. The second-order valence-electron chi connectivity index (χ2n) is 4.21.